The van der Waals surface area contributed by atoms with Crippen LogP contribution in [0, 0.1) is 0 Å². The summed E-state index contributed by atoms with van der Waals surface area (Å²) in [6.45, 7) is 4.38. The number of hydrogen-bond acceptors (Lipinski definition) is 2. The first-order chi connectivity index (χ1) is 7.74. The minimum absolute atomic E-state index is 0.443. The van der Waals surface area contributed by atoms with Crippen LogP contribution in [0.5, 0.6) is 5.75 Å². The van der Waals surface area contributed by atoms with E-state index in [9.17, 15) is 0 Å². The molecule has 0 aromatic carbocycles. The number of fused-ring (bicyclic) bond motifs is 1. The maximum absolute atomic E-state index is 5.95. The molecule has 0 amide bonds. The molecule has 1 aliphatic carbocycles. The van der Waals surface area contributed by atoms with E-state index in [1.807, 2.05) is 16.8 Å². The minimum Gasteiger partial charge on any atom is -0.489 e. The van der Waals surface area contributed by atoms with Crippen LogP contribution in [0.1, 0.15) is 38.2 Å². The van der Waals surface area contributed by atoms with Gasteiger partial charge in [-0.25, -0.2) is 4.98 Å². The molecule has 1 aliphatic rings. The molecule has 2 heterocycles. The molecular weight excluding hydrogens is 200 g/mol. The van der Waals surface area contributed by atoms with Crippen LogP contribution in [-0.2, 0) is 0 Å². The lowest BCUT2D eigenvalue weighted by Crippen LogP contribution is -2.03. The Hall–Kier alpha value is -1.51. The predicted molar refractivity (Wildman–Crippen MR) is 62.9 cm³/mol. The van der Waals surface area contributed by atoms with E-state index in [1.165, 1.54) is 18.4 Å². The molecule has 0 bridgehead atoms. The first kappa shape index (κ1) is 9.70. The summed E-state index contributed by atoms with van der Waals surface area (Å²) in [5, 5.41) is 0. The van der Waals surface area contributed by atoms with Crippen LogP contribution in [0.4, 0.5) is 0 Å². The number of aromatic nitrogens is 2. The molecule has 1 fully saturated rings. The Morgan fingerprint density at radius 1 is 1.44 bits per heavy atom. The van der Waals surface area contributed by atoms with Crippen molar-refractivity contribution in [3.63, 3.8) is 0 Å². The predicted octanol–water partition coefficient (Wildman–Crippen LogP) is 3.00. The van der Waals surface area contributed by atoms with Gasteiger partial charge in [0.25, 0.3) is 0 Å². The second-order valence-electron chi connectivity index (χ2n) is 4.76. The Kier molecular flexibility index (Phi) is 2.13. The number of nitrogens with zero attached hydrogens (tertiary/aromatic N) is 2. The second-order valence-corrected chi connectivity index (χ2v) is 4.76. The molecule has 3 nitrogen and oxygen atoms in total. The lowest BCUT2D eigenvalue weighted by atomic mass is 10.0. The largest absolute Gasteiger partial charge is 0.489 e. The smallest absolute Gasteiger partial charge is 0.139 e. The van der Waals surface area contributed by atoms with E-state index >= 15 is 0 Å². The van der Waals surface area contributed by atoms with Crippen molar-refractivity contribution in [2.45, 2.75) is 38.7 Å². The zero-order valence-electron chi connectivity index (χ0n) is 9.68. The normalized spacial score (nSPS) is 15.9. The van der Waals surface area contributed by atoms with E-state index < -0.39 is 0 Å². The van der Waals surface area contributed by atoms with Crippen molar-refractivity contribution in [3.8, 4) is 5.75 Å². The van der Waals surface area contributed by atoms with Gasteiger partial charge in [0, 0.05) is 18.0 Å². The third kappa shape index (κ3) is 1.66. The van der Waals surface area contributed by atoms with Crippen molar-refractivity contribution in [1.29, 1.82) is 0 Å². The molecule has 3 rings (SSSR count). The van der Waals surface area contributed by atoms with E-state index in [2.05, 4.69) is 31.1 Å². The summed E-state index contributed by atoms with van der Waals surface area (Å²) in [7, 11) is 0. The molecule has 0 unspecified atom stereocenters. The Morgan fingerprint density at radius 2 is 2.25 bits per heavy atom. The number of ether oxygens (including phenoxy) is 1. The highest BCUT2D eigenvalue weighted by Crippen LogP contribution is 2.33. The lowest BCUT2D eigenvalue weighted by Gasteiger charge is -2.14. The standard InChI is InChI=1S/C13H16N2O/c1-9(2)11-7-13-14-5-6-15(13)8-12(11)16-10-3-4-10/h5-10H,3-4H2,1-2H3. The van der Waals surface area contributed by atoms with Gasteiger partial charge in [-0.05, 0) is 24.8 Å². The van der Waals surface area contributed by atoms with Gasteiger partial charge in [0.05, 0.1) is 12.3 Å². The van der Waals surface area contributed by atoms with Gasteiger partial charge < -0.3 is 9.14 Å². The van der Waals surface area contributed by atoms with Gasteiger partial charge in [-0.15, -0.1) is 0 Å². The third-order valence-corrected chi connectivity index (χ3v) is 2.96. The van der Waals surface area contributed by atoms with E-state index in [0.29, 0.717) is 12.0 Å². The molecule has 16 heavy (non-hydrogen) atoms. The lowest BCUT2D eigenvalue weighted by molar-refractivity contribution is 0.297. The summed E-state index contributed by atoms with van der Waals surface area (Å²) in [5.74, 6) is 1.48. The zero-order chi connectivity index (χ0) is 11.1. The number of pyridine rings is 1. The third-order valence-electron chi connectivity index (χ3n) is 2.96. The maximum Gasteiger partial charge on any atom is 0.139 e. The SMILES string of the molecule is CC(C)c1cc2nccn2cc1OC1CC1. The molecule has 0 atom stereocenters. The van der Waals surface area contributed by atoms with Gasteiger partial charge >= 0.3 is 0 Å². The summed E-state index contributed by atoms with van der Waals surface area (Å²) in [6, 6.07) is 2.13. The summed E-state index contributed by atoms with van der Waals surface area (Å²) in [5.41, 5.74) is 2.25. The van der Waals surface area contributed by atoms with Crippen LogP contribution in [0.3, 0.4) is 0 Å². The molecule has 0 aliphatic heterocycles. The number of rotatable bonds is 3. The molecule has 3 heteroatoms. The quantitative estimate of drug-likeness (QED) is 0.788. The fourth-order valence-corrected chi connectivity index (χ4v) is 1.87. The van der Waals surface area contributed by atoms with Crippen LogP contribution in [0.15, 0.2) is 24.7 Å². The van der Waals surface area contributed by atoms with Crippen LogP contribution >= 0.6 is 0 Å². The maximum atomic E-state index is 5.95. The average molecular weight is 216 g/mol. The van der Waals surface area contributed by atoms with Gasteiger partial charge in [-0.2, -0.15) is 0 Å². The van der Waals surface area contributed by atoms with Crippen LogP contribution in [0.25, 0.3) is 5.65 Å². The monoisotopic (exact) mass is 216 g/mol. The highest BCUT2D eigenvalue weighted by molar-refractivity contribution is 5.48. The fourth-order valence-electron chi connectivity index (χ4n) is 1.87. The summed E-state index contributed by atoms with van der Waals surface area (Å²) >= 11 is 0. The molecule has 1 saturated carbocycles. The van der Waals surface area contributed by atoms with Crippen LogP contribution in [0.2, 0.25) is 0 Å². The average Bonchev–Trinajstić information content (AvgIpc) is 2.94. The number of imidazole rings is 1. The highest BCUT2D eigenvalue weighted by Gasteiger charge is 2.25. The van der Waals surface area contributed by atoms with Crippen molar-refractivity contribution < 1.29 is 4.74 Å². The Morgan fingerprint density at radius 3 is 2.94 bits per heavy atom. The van der Waals surface area contributed by atoms with Gasteiger partial charge in [-0.1, -0.05) is 13.8 Å². The Bertz CT molecular complexity index is 512. The first-order valence-electron chi connectivity index (χ1n) is 5.87. The Balaban J connectivity index is 2.09. The van der Waals surface area contributed by atoms with Crippen LogP contribution < -0.4 is 4.74 Å². The van der Waals surface area contributed by atoms with Gasteiger partial charge in [-0.3, -0.25) is 0 Å². The molecule has 2 aromatic heterocycles. The van der Waals surface area contributed by atoms with E-state index in [1.54, 1.807) is 0 Å². The first-order valence-corrected chi connectivity index (χ1v) is 5.87. The van der Waals surface area contributed by atoms with Crippen LogP contribution in [-0.4, -0.2) is 15.5 Å². The molecule has 0 N–H and O–H groups in total. The van der Waals surface area contributed by atoms with Crippen molar-refractivity contribution in [2.75, 3.05) is 0 Å². The van der Waals surface area contributed by atoms with Crippen molar-refractivity contribution in [2.24, 2.45) is 0 Å². The van der Waals surface area contributed by atoms with Crippen molar-refractivity contribution in [1.82, 2.24) is 9.38 Å². The molecule has 2 aromatic rings. The van der Waals surface area contributed by atoms with Crippen molar-refractivity contribution >= 4 is 5.65 Å². The molecule has 0 saturated heterocycles. The molecule has 0 spiro atoms. The summed E-state index contributed by atoms with van der Waals surface area (Å²) < 4.78 is 7.96. The minimum atomic E-state index is 0.443. The highest BCUT2D eigenvalue weighted by atomic mass is 16.5. The fraction of sp³-hybridized carbons (Fsp3) is 0.462. The summed E-state index contributed by atoms with van der Waals surface area (Å²) in [6.07, 6.45) is 8.66. The van der Waals surface area contributed by atoms with Gasteiger partial charge in [0.15, 0.2) is 0 Å². The van der Waals surface area contributed by atoms with Gasteiger partial charge in [0.1, 0.15) is 11.4 Å². The van der Waals surface area contributed by atoms with E-state index in [4.69, 9.17) is 4.74 Å². The van der Waals surface area contributed by atoms with Gasteiger partial charge in [0.2, 0.25) is 0 Å². The second kappa shape index (κ2) is 3.51. The van der Waals surface area contributed by atoms with Crippen molar-refractivity contribution in [3.05, 3.63) is 30.2 Å². The topological polar surface area (TPSA) is 26.5 Å². The molecule has 0 radical (unpaired) electrons. The van der Waals surface area contributed by atoms with E-state index in [-0.39, 0.29) is 0 Å². The molecular formula is C13H16N2O. The molecule has 84 valence electrons. The summed E-state index contributed by atoms with van der Waals surface area (Å²) in [4.78, 5) is 4.31. The number of hydrogen-bond donors (Lipinski definition) is 0. The Labute approximate surface area is 95.1 Å². The van der Waals surface area contributed by atoms with E-state index in [0.717, 1.165) is 11.4 Å². The zero-order valence-corrected chi connectivity index (χ0v) is 9.68.